The summed E-state index contributed by atoms with van der Waals surface area (Å²) in [6.45, 7) is 2.20. The molecular formula is C11H13BOS. The molecule has 0 fully saturated rings. The standard InChI is InChI=1S/C11H13BOS/c1-2-3-8-7-14-11-6-9(12-13)4-5-10(8)11/h4-7,12-13H,2-3H2,1H3. The lowest BCUT2D eigenvalue weighted by Gasteiger charge is -1.97. The number of hydrogen-bond acceptors (Lipinski definition) is 2. The lowest BCUT2D eigenvalue weighted by molar-refractivity contribution is 0.615. The molecule has 0 saturated heterocycles. The number of benzene rings is 1. The zero-order valence-electron chi connectivity index (χ0n) is 8.29. The first-order valence-electron chi connectivity index (χ1n) is 4.95. The van der Waals surface area contributed by atoms with Crippen LogP contribution >= 0.6 is 11.3 Å². The first-order valence-corrected chi connectivity index (χ1v) is 5.83. The van der Waals surface area contributed by atoms with Crippen LogP contribution in [0.3, 0.4) is 0 Å². The van der Waals surface area contributed by atoms with Crippen molar-refractivity contribution in [2.75, 3.05) is 0 Å². The SMILES string of the molecule is CCCc1csc2cc(BO)ccc12. The molecule has 0 unspecified atom stereocenters. The van der Waals surface area contributed by atoms with Crippen LogP contribution in [0.15, 0.2) is 23.6 Å². The summed E-state index contributed by atoms with van der Waals surface area (Å²) in [6, 6.07) is 6.22. The third-order valence-electron chi connectivity index (χ3n) is 2.42. The van der Waals surface area contributed by atoms with Crippen molar-refractivity contribution in [3.05, 3.63) is 29.1 Å². The van der Waals surface area contributed by atoms with Crippen LogP contribution in [0, 0.1) is 0 Å². The Balaban J connectivity index is 2.48. The molecule has 0 saturated carbocycles. The number of hydrogen-bond donors (Lipinski definition) is 1. The number of thiophene rings is 1. The van der Waals surface area contributed by atoms with E-state index in [1.807, 2.05) is 6.07 Å². The molecule has 0 aliphatic heterocycles. The summed E-state index contributed by atoms with van der Waals surface area (Å²) in [5.41, 5.74) is 2.44. The van der Waals surface area contributed by atoms with Gasteiger partial charge < -0.3 is 5.02 Å². The molecule has 0 aliphatic rings. The molecule has 1 heterocycles. The Labute approximate surface area is 88.7 Å². The summed E-state index contributed by atoms with van der Waals surface area (Å²) in [5, 5.41) is 12.6. The van der Waals surface area contributed by atoms with Crippen molar-refractivity contribution in [3.63, 3.8) is 0 Å². The number of fused-ring (bicyclic) bond motifs is 1. The van der Waals surface area contributed by atoms with Crippen LogP contribution < -0.4 is 5.46 Å². The lowest BCUT2D eigenvalue weighted by atomic mass is 9.88. The van der Waals surface area contributed by atoms with Crippen molar-refractivity contribution < 1.29 is 5.02 Å². The average Bonchev–Trinajstić information content (AvgIpc) is 2.61. The Hall–Kier alpha value is -0.795. The molecular weight excluding hydrogens is 191 g/mol. The molecule has 2 aromatic rings. The van der Waals surface area contributed by atoms with Gasteiger partial charge in [0, 0.05) is 4.70 Å². The van der Waals surface area contributed by atoms with Gasteiger partial charge in [0.05, 0.1) is 0 Å². The fraction of sp³-hybridized carbons (Fsp3) is 0.273. The van der Waals surface area contributed by atoms with Crippen molar-refractivity contribution >= 4 is 34.4 Å². The maximum Gasteiger partial charge on any atom is 0.304 e. The topological polar surface area (TPSA) is 20.2 Å². The maximum absolute atomic E-state index is 9.01. The van der Waals surface area contributed by atoms with Gasteiger partial charge in [-0.05, 0) is 28.8 Å². The molecule has 1 N–H and O–H groups in total. The molecule has 1 aromatic carbocycles. The van der Waals surface area contributed by atoms with Crippen molar-refractivity contribution in [2.24, 2.45) is 0 Å². The molecule has 0 spiro atoms. The lowest BCUT2D eigenvalue weighted by Crippen LogP contribution is -2.11. The van der Waals surface area contributed by atoms with E-state index in [0.29, 0.717) is 0 Å². The molecule has 2 rings (SSSR count). The van der Waals surface area contributed by atoms with Crippen molar-refractivity contribution in [2.45, 2.75) is 19.8 Å². The Morgan fingerprint density at radius 3 is 3.00 bits per heavy atom. The van der Waals surface area contributed by atoms with E-state index in [2.05, 4.69) is 24.4 Å². The molecule has 3 heteroatoms. The minimum atomic E-state index is 0.136. The maximum atomic E-state index is 9.01. The molecule has 1 aromatic heterocycles. The molecule has 0 bridgehead atoms. The first kappa shape index (κ1) is 9.75. The van der Waals surface area contributed by atoms with E-state index in [1.165, 1.54) is 22.1 Å². The molecule has 0 amide bonds. The third-order valence-corrected chi connectivity index (χ3v) is 3.42. The monoisotopic (exact) mass is 204 g/mol. The van der Waals surface area contributed by atoms with Gasteiger partial charge >= 0.3 is 7.48 Å². The van der Waals surface area contributed by atoms with E-state index in [9.17, 15) is 0 Å². The fourth-order valence-corrected chi connectivity index (χ4v) is 2.75. The summed E-state index contributed by atoms with van der Waals surface area (Å²) in [7, 11) is 0.136. The summed E-state index contributed by atoms with van der Waals surface area (Å²) >= 11 is 1.77. The smallest absolute Gasteiger partial charge is 0.304 e. The largest absolute Gasteiger partial charge is 0.449 e. The number of rotatable bonds is 3. The quantitative estimate of drug-likeness (QED) is 0.756. The van der Waals surface area contributed by atoms with Gasteiger partial charge in [-0.15, -0.1) is 11.3 Å². The Bertz CT molecular complexity index is 436. The second kappa shape index (κ2) is 4.15. The van der Waals surface area contributed by atoms with Crippen LogP contribution in [0.25, 0.3) is 10.1 Å². The van der Waals surface area contributed by atoms with Gasteiger partial charge in [-0.3, -0.25) is 0 Å². The minimum Gasteiger partial charge on any atom is -0.449 e. The summed E-state index contributed by atoms with van der Waals surface area (Å²) in [4.78, 5) is 0. The van der Waals surface area contributed by atoms with Gasteiger partial charge in [-0.2, -0.15) is 0 Å². The summed E-state index contributed by atoms with van der Waals surface area (Å²) in [6.07, 6.45) is 2.34. The van der Waals surface area contributed by atoms with E-state index in [1.54, 1.807) is 11.3 Å². The van der Waals surface area contributed by atoms with Crippen LogP contribution in [-0.2, 0) is 6.42 Å². The second-order valence-electron chi connectivity index (χ2n) is 3.50. The van der Waals surface area contributed by atoms with E-state index < -0.39 is 0 Å². The molecule has 0 aliphatic carbocycles. The van der Waals surface area contributed by atoms with E-state index >= 15 is 0 Å². The van der Waals surface area contributed by atoms with Crippen LogP contribution in [0.4, 0.5) is 0 Å². The van der Waals surface area contributed by atoms with E-state index in [0.717, 1.165) is 11.9 Å². The highest BCUT2D eigenvalue weighted by molar-refractivity contribution is 7.17. The molecule has 1 nitrogen and oxygen atoms in total. The van der Waals surface area contributed by atoms with Gasteiger partial charge in [0.2, 0.25) is 0 Å². The zero-order chi connectivity index (χ0) is 9.97. The Morgan fingerprint density at radius 2 is 2.29 bits per heavy atom. The highest BCUT2D eigenvalue weighted by Gasteiger charge is 2.03. The minimum absolute atomic E-state index is 0.136. The van der Waals surface area contributed by atoms with Gasteiger partial charge in [0.15, 0.2) is 0 Å². The normalized spacial score (nSPS) is 10.7. The second-order valence-corrected chi connectivity index (χ2v) is 4.41. The van der Waals surface area contributed by atoms with Crippen molar-refractivity contribution in [1.29, 1.82) is 0 Å². The fourth-order valence-electron chi connectivity index (χ4n) is 1.69. The number of aryl methyl sites for hydroxylation is 1. The molecule has 14 heavy (non-hydrogen) atoms. The Morgan fingerprint density at radius 1 is 1.43 bits per heavy atom. The van der Waals surface area contributed by atoms with Crippen LogP contribution in [0.5, 0.6) is 0 Å². The van der Waals surface area contributed by atoms with Crippen LogP contribution in [-0.4, -0.2) is 12.5 Å². The molecule has 0 radical (unpaired) electrons. The summed E-state index contributed by atoms with van der Waals surface area (Å²) in [5.74, 6) is 0. The average molecular weight is 204 g/mol. The highest BCUT2D eigenvalue weighted by atomic mass is 32.1. The summed E-state index contributed by atoms with van der Waals surface area (Å²) < 4.78 is 1.29. The van der Waals surface area contributed by atoms with Gasteiger partial charge in [-0.1, -0.05) is 30.9 Å². The van der Waals surface area contributed by atoms with Crippen LogP contribution in [0.2, 0.25) is 0 Å². The van der Waals surface area contributed by atoms with Gasteiger partial charge in [0.25, 0.3) is 0 Å². The van der Waals surface area contributed by atoms with Crippen molar-refractivity contribution in [3.8, 4) is 0 Å². The van der Waals surface area contributed by atoms with Gasteiger partial charge in [0.1, 0.15) is 0 Å². The van der Waals surface area contributed by atoms with Crippen LogP contribution in [0.1, 0.15) is 18.9 Å². The molecule has 72 valence electrons. The van der Waals surface area contributed by atoms with Gasteiger partial charge in [-0.25, -0.2) is 0 Å². The molecule has 0 atom stereocenters. The third kappa shape index (κ3) is 1.70. The predicted octanol–water partition coefficient (Wildman–Crippen LogP) is 1.82. The van der Waals surface area contributed by atoms with Crippen molar-refractivity contribution in [1.82, 2.24) is 0 Å². The van der Waals surface area contributed by atoms with E-state index in [-0.39, 0.29) is 7.48 Å². The van der Waals surface area contributed by atoms with E-state index in [4.69, 9.17) is 5.02 Å². The first-order chi connectivity index (χ1) is 6.85. The highest BCUT2D eigenvalue weighted by Crippen LogP contribution is 2.25. The predicted molar refractivity (Wildman–Crippen MR) is 64.8 cm³/mol. The zero-order valence-corrected chi connectivity index (χ0v) is 9.10. The Kier molecular flexibility index (Phi) is 2.89.